The number of benzene rings is 1. The zero-order valence-electron chi connectivity index (χ0n) is 11.8. The number of hydrogen-bond donors (Lipinski definition) is 1. The molecule has 0 saturated carbocycles. The second kappa shape index (κ2) is 7.08. The van der Waals surface area contributed by atoms with Gasteiger partial charge in [-0.2, -0.15) is 4.31 Å². The van der Waals surface area contributed by atoms with Crippen molar-refractivity contribution in [2.75, 3.05) is 26.4 Å². The highest BCUT2D eigenvalue weighted by Crippen LogP contribution is 2.33. The van der Waals surface area contributed by atoms with Gasteiger partial charge in [-0.3, -0.25) is 4.79 Å². The Morgan fingerprint density at radius 1 is 1.43 bits per heavy atom. The van der Waals surface area contributed by atoms with Gasteiger partial charge in [0.05, 0.1) is 18.7 Å². The van der Waals surface area contributed by atoms with Gasteiger partial charge in [-0.25, -0.2) is 8.42 Å². The van der Waals surface area contributed by atoms with Crippen LogP contribution < -0.4 is 5.73 Å². The van der Waals surface area contributed by atoms with E-state index in [1.807, 2.05) is 0 Å². The molecule has 1 rings (SSSR count). The molecule has 0 heterocycles. The number of methoxy groups -OCH3 is 1. The molecule has 0 aliphatic carbocycles. The highest BCUT2D eigenvalue weighted by Gasteiger charge is 2.29. The summed E-state index contributed by atoms with van der Waals surface area (Å²) < 4.78 is 31.9. The number of nitrogens with zero attached hydrogens (tertiary/aromatic N) is 1. The Labute approximate surface area is 140 Å². The Kier molecular flexibility index (Phi) is 6.21. The van der Waals surface area contributed by atoms with Crippen molar-refractivity contribution in [2.45, 2.75) is 11.8 Å². The monoisotopic (exact) mass is 442 g/mol. The van der Waals surface area contributed by atoms with Crippen molar-refractivity contribution in [1.29, 1.82) is 0 Å². The maximum atomic E-state index is 12.6. The Morgan fingerprint density at radius 2 is 2.00 bits per heavy atom. The van der Waals surface area contributed by atoms with Crippen LogP contribution in [0.15, 0.2) is 26.0 Å². The standard InChI is InChI=1S/C12H16Br2N2O4S/c1-7(12(17)20-3)6-16(2)21(18,19)11-9(14)4-8(13)5-10(11)15/h4-5,7H,6,15H2,1-3H3. The normalized spacial score (nSPS) is 13.2. The van der Waals surface area contributed by atoms with Crippen LogP contribution in [0.3, 0.4) is 0 Å². The van der Waals surface area contributed by atoms with Gasteiger partial charge < -0.3 is 10.5 Å². The molecule has 0 spiro atoms. The molecular formula is C12H16Br2N2O4S. The van der Waals surface area contributed by atoms with E-state index >= 15 is 0 Å². The first-order valence-corrected chi connectivity index (χ1v) is 8.92. The van der Waals surface area contributed by atoms with Crippen LogP contribution in [0.1, 0.15) is 6.92 Å². The van der Waals surface area contributed by atoms with Crippen LogP contribution in [0.2, 0.25) is 0 Å². The Morgan fingerprint density at radius 3 is 2.48 bits per heavy atom. The minimum absolute atomic E-state index is 0.00303. The largest absolute Gasteiger partial charge is 0.469 e. The summed E-state index contributed by atoms with van der Waals surface area (Å²) in [7, 11) is -1.17. The zero-order valence-corrected chi connectivity index (χ0v) is 15.7. The molecule has 2 N–H and O–H groups in total. The second-order valence-corrected chi connectivity index (χ2v) is 8.27. The first kappa shape index (κ1) is 18.4. The number of carbonyl (C=O) groups is 1. The summed E-state index contributed by atoms with van der Waals surface area (Å²) in [5.74, 6) is -1.05. The van der Waals surface area contributed by atoms with E-state index < -0.39 is 21.9 Å². The third kappa shape index (κ3) is 4.18. The average molecular weight is 444 g/mol. The predicted molar refractivity (Wildman–Crippen MR) is 87.3 cm³/mol. The van der Waals surface area contributed by atoms with Gasteiger partial charge in [-0.15, -0.1) is 0 Å². The highest BCUT2D eigenvalue weighted by molar-refractivity contribution is 9.11. The van der Waals surface area contributed by atoms with Gasteiger partial charge in [0.2, 0.25) is 10.0 Å². The van der Waals surface area contributed by atoms with Crippen molar-refractivity contribution < 1.29 is 17.9 Å². The number of ether oxygens (including phenoxy) is 1. The molecule has 0 saturated heterocycles. The number of carbonyl (C=O) groups excluding carboxylic acids is 1. The van der Waals surface area contributed by atoms with E-state index in [2.05, 4.69) is 36.6 Å². The summed E-state index contributed by atoms with van der Waals surface area (Å²) in [6.45, 7) is 1.59. The smallest absolute Gasteiger partial charge is 0.309 e. The van der Waals surface area contributed by atoms with E-state index in [9.17, 15) is 13.2 Å². The number of anilines is 1. The molecule has 21 heavy (non-hydrogen) atoms. The summed E-state index contributed by atoms with van der Waals surface area (Å²) in [6, 6.07) is 3.11. The highest BCUT2D eigenvalue weighted by atomic mass is 79.9. The second-order valence-electron chi connectivity index (χ2n) is 4.52. The van der Waals surface area contributed by atoms with E-state index in [0.717, 1.165) is 4.31 Å². The van der Waals surface area contributed by atoms with Gasteiger partial charge in [-0.1, -0.05) is 22.9 Å². The van der Waals surface area contributed by atoms with Gasteiger partial charge in [0.15, 0.2) is 0 Å². The fourth-order valence-electron chi connectivity index (χ4n) is 1.77. The maximum absolute atomic E-state index is 12.6. The van der Waals surface area contributed by atoms with E-state index in [1.165, 1.54) is 20.2 Å². The zero-order chi connectivity index (χ0) is 16.4. The molecule has 1 atom stereocenters. The molecule has 9 heteroatoms. The van der Waals surface area contributed by atoms with Crippen molar-refractivity contribution in [2.24, 2.45) is 5.92 Å². The fraction of sp³-hybridized carbons (Fsp3) is 0.417. The molecule has 1 unspecified atom stereocenters. The molecule has 0 aromatic heterocycles. The van der Waals surface area contributed by atoms with Crippen LogP contribution in [0.4, 0.5) is 5.69 Å². The van der Waals surface area contributed by atoms with Crippen molar-refractivity contribution >= 4 is 53.5 Å². The minimum atomic E-state index is -3.82. The molecule has 1 aromatic carbocycles. The van der Waals surface area contributed by atoms with Crippen molar-refractivity contribution in [3.63, 3.8) is 0 Å². The number of nitrogen functional groups attached to an aromatic ring is 1. The molecule has 1 aromatic rings. The predicted octanol–water partition coefficient (Wildman–Crippen LogP) is 2.22. The van der Waals surface area contributed by atoms with Crippen LogP contribution in [-0.2, 0) is 19.6 Å². The van der Waals surface area contributed by atoms with Crippen molar-refractivity contribution in [3.05, 3.63) is 21.1 Å². The van der Waals surface area contributed by atoms with Crippen LogP contribution in [0.5, 0.6) is 0 Å². The van der Waals surface area contributed by atoms with Crippen LogP contribution in [-0.4, -0.2) is 39.4 Å². The van der Waals surface area contributed by atoms with Gasteiger partial charge in [0, 0.05) is 22.5 Å². The Bertz CT molecular complexity index is 626. The number of sulfonamides is 1. The lowest BCUT2D eigenvalue weighted by atomic mass is 10.2. The van der Waals surface area contributed by atoms with E-state index in [4.69, 9.17) is 5.73 Å². The topological polar surface area (TPSA) is 89.7 Å². The molecule has 6 nitrogen and oxygen atoms in total. The molecule has 118 valence electrons. The maximum Gasteiger partial charge on any atom is 0.309 e. The van der Waals surface area contributed by atoms with Gasteiger partial charge >= 0.3 is 5.97 Å². The lowest BCUT2D eigenvalue weighted by molar-refractivity contribution is -0.144. The molecule has 0 fully saturated rings. The first-order valence-electron chi connectivity index (χ1n) is 5.90. The third-order valence-electron chi connectivity index (χ3n) is 2.84. The van der Waals surface area contributed by atoms with E-state index in [0.29, 0.717) is 8.95 Å². The number of hydrogen-bond acceptors (Lipinski definition) is 5. The lowest BCUT2D eigenvalue weighted by Gasteiger charge is -2.21. The Balaban J connectivity index is 3.15. The average Bonchev–Trinajstić information content (AvgIpc) is 2.35. The molecule has 0 bridgehead atoms. The molecule has 0 radical (unpaired) electrons. The minimum Gasteiger partial charge on any atom is -0.469 e. The van der Waals surface area contributed by atoms with Gasteiger partial charge in [0.1, 0.15) is 4.90 Å². The quantitative estimate of drug-likeness (QED) is 0.556. The summed E-state index contributed by atoms with van der Waals surface area (Å²) in [4.78, 5) is 11.4. The summed E-state index contributed by atoms with van der Waals surface area (Å²) in [5, 5.41) is 0. The number of rotatable bonds is 5. The SMILES string of the molecule is COC(=O)C(C)CN(C)S(=O)(=O)c1c(N)cc(Br)cc1Br. The van der Waals surface area contributed by atoms with Crippen LogP contribution in [0, 0.1) is 5.92 Å². The number of esters is 1. The fourth-order valence-corrected chi connectivity index (χ4v) is 5.03. The first-order chi connectivity index (χ1) is 9.61. The molecule has 0 aliphatic rings. The molecular weight excluding hydrogens is 428 g/mol. The number of halogens is 2. The molecule has 0 amide bonds. The molecule has 0 aliphatic heterocycles. The number of nitrogens with two attached hydrogens (primary N) is 1. The van der Waals surface area contributed by atoms with E-state index in [1.54, 1.807) is 13.0 Å². The lowest BCUT2D eigenvalue weighted by Crippen LogP contribution is -2.34. The Hall–Kier alpha value is -0.640. The van der Waals surface area contributed by atoms with E-state index in [-0.39, 0.29) is 17.1 Å². The summed E-state index contributed by atoms with van der Waals surface area (Å²) in [5.41, 5.74) is 5.92. The third-order valence-corrected chi connectivity index (χ3v) is 6.13. The van der Waals surface area contributed by atoms with Crippen molar-refractivity contribution in [3.8, 4) is 0 Å². The van der Waals surface area contributed by atoms with Crippen LogP contribution >= 0.6 is 31.9 Å². The van der Waals surface area contributed by atoms with Crippen LogP contribution in [0.25, 0.3) is 0 Å². The van der Waals surface area contributed by atoms with Gasteiger partial charge in [-0.05, 0) is 28.1 Å². The van der Waals surface area contributed by atoms with Gasteiger partial charge in [0.25, 0.3) is 0 Å². The van der Waals surface area contributed by atoms with Crippen molar-refractivity contribution in [1.82, 2.24) is 4.31 Å². The summed E-state index contributed by atoms with van der Waals surface area (Å²) >= 11 is 6.44. The summed E-state index contributed by atoms with van der Waals surface area (Å²) in [6.07, 6.45) is 0.